The van der Waals surface area contributed by atoms with Gasteiger partial charge >= 0.3 is 5.97 Å². The maximum atomic E-state index is 11.8. The molecule has 0 fully saturated rings. The highest BCUT2D eigenvalue weighted by atomic mass is 16.5. The van der Waals surface area contributed by atoms with E-state index in [1.807, 2.05) is 57.0 Å². The zero-order valence-electron chi connectivity index (χ0n) is 17.1. The van der Waals surface area contributed by atoms with Crippen LogP contribution in [0.2, 0.25) is 0 Å². The molecule has 0 saturated heterocycles. The lowest BCUT2D eigenvalue weighted by Gasteiger charge is -2.17. The van der Waals surface area contributed by atoms with Crippen molar-refractivity contribution in [3.05, 3.63) is 35.5 Å². The summed E-state index contributed by atoms with van der Waals surface area (Å²) < 4.78 is 7.03. The quantitative estimate of drug-likeness (QED) is 0.530. The Hall–Kier alpha value is -3.20. The highest BCUT2D eigenvalue weighted by Crippen LogP contribution is 2.29. The fourth-order valence-corrected chi connectivity index (χ4v) is 2.93. The molecule has 3 aromatic rings. The van der Waals surface area contributed by atoms with Crippen LogP contribution in [0.4, 0.5) is 17.5 Å². The molecular weight excluding hydrogens is 372 g/mol. The van der Waals surface area contributed by atoms with E-state index in [4.69, 9.17) is 4.74 Å². The number of hydrogen-bond donors (Lipinski definition) is 2. The van der Waals surface area contributed by atoms with E-state index in [1.54, 1.807) is 4.68 Å². The summed E-state index contributed by atoms with van der Waals surface area (Å²) in [4.78, 5) is 22.8. The van der Waals surface area contributed by atoms with Gasteiger partial charge in [-0.05, 0) is 38.5 Å². The van der Waals surface area contributed by atoms with Crippen molar-refractivity contribution in [2.24, 2.45) is 0 Å². The average molecular weight is 398 g/mol. The van der Waals surface area contributed by atoms with Crippen LogP contribution >= 0.6 is 0 Å². The number of nitrogens with zero attached hydrogens (tertiary/aromatic N) is 5. The first-order chi connectivity index (χ1) is 13.9. The number of carboxylic acids is 1. The van der Waals surface area contributed by atoms with E-state index in [0.29, 0.717) is 49.1 Å². The van der Waals surface area contributed by atoms with Crippen molar-refractivity contribution in [3.8, 4) is 0 Å². The second-order valence-electron chi connectivity index (χ2n) is 6.65. The second-order valence-corrected chi connectivity index (χ2v) is 6.65. The molecule has 0 atom stereocenters. The lowest BCUT2D eigenvalue weighted by atomic mass is 10.2. The number of hydrogen-bond acceptors (Lipinski definition) is 7. The van der Waals surface area contributed by atoms with E-state index in [9.17, 15) is 9.90 Å². The third-order valence-electron chi connectivity index (χ3n) is 4.53. The molecule has 0 aliphatic heterocycles. The first-order valence-corrected chi connectivity index (χ1v) is 9.59. The van der Waals surface area contributed by atoms with Crippen molar-refractivity contribution in [1.82, 2.24) is 19.7 Å². The van der Waals surface area contributed by atoms with Gasteiger partial charge in [0.25, 0.3) is 0 Å². The van der Waals surface area contributed by atoms with Crippen molar-refractivity contribution in [3.63, 3.8) is 0 Å². The lowest BCUT2D eigenvalue weighted by molar-refractivity contribution is 0.0690. The zero-order chi connectivity index (χ0) is 21.0. The van der Waals surface area contributed by atoms with Gasteiger partial charge in [0.2, 0.25) is 5.95 Å². The zero-order valence-corrected chi connectivity index (χ0v) is 17.1. The number of aryl methyl sites for hydroxylation is 1. The van der Waals surface area contributed by atoms with Crippen LogP contribution in [0.15, 0.2) is 24.3 Å². The minimum Gasteiger partial charge on any atom is -0.476 e. The number of aromatic nitrogens is 4. The Balaban J connectivity index is 2.19. The first-order valence-electron chi connectivity index (χ1n) is 9.59. The molecular formula is C20H26N6O3. The second kappa shape index (κ2) is 8.87. The van der Waals surface area contributed by atoms with Crippen molar-refractivity contribution in [1.29, 1.82) is 0 Å². The molecule has 0 unspecified atom stereocenters. The van der Waals surface area contributed by atoms with E-state index in [-0.39, 0.29) is 5.69 Å². The molecule has 2 heterocycles. The summed E-state index contributed by atoms with van der Waals surface area (Å²) in [6.07, 6.45) is 0. The van der Waals surface area contributed by atoms with E-state index < -0.39 is 5.97 Å². The van der Waals surface area contributed by atoms with Gasteiger partial charge in [-0.2, -0.15) is 10.1 Å². The summed E-state index contributed by atoms with van der Waals surface area (Å²) in [5, 5.41) is 17.3. The van der Waals surface area contributed by atoms with Gasteiger partial charge in [0.1, 0.15) is 11.0 Å². The maximum Gasteiger partial charge on any atom is 0.358 e. The van der Waals surface area contributed by atoms with E-state index in [2.05, 4.69) is 20.4 Å². The third-order valence-corrected chi connectivity index (χ3v) is 4.53. The van der Waals surface area contributed by atoms with Crippen molar-refractivity contribution >= 4 is 34.5 Å². The number of benzene rings is 1. The Morgan fingerprint density at radius 3 is 2.76 bits per heavy atom. The number of anilines is 3. The Kier molecular flexibility index (Phi) is 6.28. The average Bonchev–Trinajstić information content (AvgIpc) is 3.07. The molecule has 9 heteroatoms. The first kappa shape index (κ1) is 20.5. The summed E-state index contributed by atoms with van der Waals surface area (Å²) in [5.74, 6) is -0.190. The van der Waals surface area contributed by atoms with Crippen LogP contribution in [0.5, 0.6) is 0 Å². The normalized spacial score (nSPS) is 11.0. The molecule has 1 aromatic carbocycles. The fourth-order valence-electron chi connectivity index (χ4n) is 2.93. The van der Waals surface area contributed by atoms with Gasteiger partial charge in [0.15, 0.2) is 11.5 Å². The topological polar surface area (TPSA) is 105 Å². The Labute approximate surface area is 169 Å². The van der Waals surface area contributed by atoms with Gasteiger partial charge in [0.05, 0.1) is 13.2 Å². The predicted octanol–water partition coefficient (Wildman–Crippen LogP) is 3.07. The number of nitrogens with one attached hydrogen (secondary N) is 1. The Morgan fingerprint density at radius 1 is 1.31 bits per heavy atom. The molecule has 0 aliphatic carbocycles. The number of aromatic carboxylic acids is 1. The van der Waals surface area contributed by atoms with E-state index in [1.165, 1.54) is 0 Å². The van der Waals surface area contributed by atoms with Crippen LogP contribution in [0, 0.1) is 6.92 Å². The minimum absolute atomic E-state index is 0.100. The molecule has 0 saturated carbocycles. The molecule has 2 N–H and O–H groups in total. The molecule has 0 amide bonds. The van der Waals surface area contributed by atoms with Crippen molar-refractivity contribution in [2.75, 3.05) is 37.0 Å². The summed E-state index contributed by atoms with van der Waals surface area (Å²) in [6, 6.07) is 7.88. The van der Waals surface area contributed by atoms with Gasteiger partial charge < -0.3 is 20.1 Å². The van der Waals surface area contributed by atoms with Crippen LogP contribution in [0.25, 0.3) is 11.0 Å². The minimum atomic E-state index is -1.13. The number of ether oxygens (including phenoxy) is 1. The summed E-state index contributed by atoms with van der Waals surface area (Å²) in [5.41, 5.74) is 2.69. The van der Waals surface area contributed by atoms with Gasteiger partial charge in [-0.25, -0.2) is 9.78 Å². The number of rotatable bonds is 9. The van der Waals surface area contributed by atoms with Crippen LogP contribution < -0.4 is 10.2 Å². The van der Waals surface area contributed by atoms with Gasteiger partial charge in [-0.15, -0.1) is 0 Å². The van der Waals surface area contributed by atoms with Crippen LogP contribution in [-0.2, 0) is 11.3 Å². The maximum absolute atomic E-state index is 11.8. The summed E-state index contributed by atoms with van der Waals surface area (Å²) >= 11 is 0. The van der Waals surface area contributed by atoms with Gasteiger partial charge in [-0.3, -0.25) is 4.68 Å². The van der Waals surface area contributed by atoms with Gasteiger partial charge in [0, 0.05) is 25.9 Å². The van der Waals surface area contributed by atoms with Crippen molar-refractivity contribution in [2.45, 2.75) is 27.3 Å². The molecule has 2 aromatic heterocycles. The molecule has 0 bridgehead atoms. The Morgan fingerprint density at radius 2 is 2.10 bits per heavy atom. The predicted molar refractivity (Wildman–Crippen MR) is 112 cm³/mol. The molecule has 0 radical (unpaired) electrons. The third kappa shape index (κ3) is 4.45. The smallest absolute Gasteiger partial charge is 0.358 e. The lowest BCUT2D eigenvalue weighted by Crippen LogP contribution is -2.19. The number of carboxylic acid groups (broad SMARTS) is 1. The highest BCUT2D eigenvalue weighted by Gasteiger charge is 2.23. The molecule has 29 heavy (non-hydrogen) atoms. The molecule has 0 aliphatic rings. The van der Waals surface area contributed by atoms with E-state index >= 15 is 0 Å². The van der Waals surface area contributed by atoms with Gasteiger partial charge in [-0.1, -0.05) is 12.1 Å². The van der Waals surface area contributed by atoms with Crippen LogP contribution in [0.1, 0.15) is 29.9 Å². The molecule has 154 valence electrons. The largest absolute Gasteiger partial charge is 0.476 e. The van der Waals surface area contributed by atoms with Crippen LogP contribution in [-0.4, -0.2) is 57.6 Å². The molecule has 3 rings (SSSR count). The molecule has 0 spiro atoms. The monoisotopic (exact) mass is 398 g/mol. The standard InChI is InChI=1S/C20H26N6O3/c1-5-25(4)20-22-15-16(19(27)28)24-26(10-11-29-6-2)17(15)18(23-20)21-14-9-7-8-13(3)12-14/h7-9,12H,5-6,10-11H2,1-4H3,(H,27,28)(H,21,22,23). The number of carbonyl (C=O) groups is 1. The highest BCUT2D eigenvalue weighted by molar-refractivity contribution is 6.03. The number of fused-ring (bicyclic) bond motifs is 1. The molecule has 9 nitrogen and oxygen atoms in total. The Bertz CT molecular complexity index is 1020. The van der Waals surface area contributed by atoms with Crippen LogP contribution in [0.3, 0.4) is 0 Å². The SMILES string of the molecule is CCOCCn1nc(C(=O)O)c2nc(N(C)CC)nc(Nc3cccc(C)c3)c21. The van der Waals surface area contributed by atoms with E-state index in [0.717, 1.165) is 11.3 Å². The summed E-state index contributed by atoms with van der Waals surface area (Å²) in [6.45, 7) is 7.94. The van der Waals surface area contributed by atoms with Crippen molar-refractivity contribution < 1.29 is 14.6 Å². The fraction of sp³-hybridized carbons (Fsp3) is 0.400. The summed E-state index contributed by atoms with van der Waals surface area (Å²) in [7, 11) is 1.86.